The van der Waals surface area contributed by atoms with Crippen molar-refractivity contribution in [3.8, 4) is 0 Å². The summed E-state index contributed by atoms with van der Waals surface area (Å²) in [6.07, 6.45) is 1.75. The molecule has 1 aromatic heterocycles. The van der Waals surface area contributed by atoms with Crippen molar-refractivity contribution in [2.45, 2.75) is 13.1 Å². The number of nitrogens with zero attached hydrogens (tertiary/aromatic N) is 3. The fraction of sp³-hybridized carbons (Fsp3) is 0.273. The molecule has 7 heteroatoms. The van der Waals surface area contributed by atoms with Crippen LogP contribution in [-0.2, 0) is 13.1 Å². The third-order valence-electron chi connectivity index (χ3n) is 2.31. The number of halogens is 2. The van der Waals surface area contributed by atoms with E-state index in [1.54, 1.807) is 23.0 Å². The lowest BCUT2D eigenvalue weighted by Gasteiger charge is -2.04. The molecule has 0 atom stereocenters. The van der Waals surface area contributed by atoms with Gasteiger partial charge in [-0.25, -0.2) is 9.07 Å². The average molecular weight is 315 g/mol. The zero-order valence-corrected chi connectivity index (χ0v) is 11.1. The summed E-state index contributed by atoms with van der Waals surface area (Å²) in [6, 6.07) is 4.70. The summed E-state index contributed by atoms with van der Waals surface area (Å²) in [5.74, 6) is -0.297. The number of rotatable bonds is 5. The monoisotopic (exact) mass is 314 g/mol. The van der Waals surface area contributed by atoms with E-state index in [2.05, 4.69) is 31.6 Å². The zero-order valence-electron chi connectivity index (χ0n) is 9.48. The largest absolute Gasteiger partial charge is 0.394 e. The molecule has 0 radical (unpaired) electrons. The molecule has 0 aliphatic heterocycles. The van der Waals surface area contributed by atoms with E-state index in [9.17, 15) is 4.39 Å². The van der Waals surface area contributed by atoms with Crippen LogP contribution >= 0.6 is 15.9 Å². The molecule has 0 aliphatic rings. The van der Waals surface area contributed by atoms with Crippen LogP contribution in [0.2, 0.25) is 0 Å². The van der Waals surface area contributed by atoms with Gasteiger partial charge in [0.15, 0.2) is 0 Å². The van der Waals surface area contributed by atoms with E-state index in [1.165, 1.54) is 6.07 Å². The summed E-state index contributed by atoms with van der Waals surface area (Å²) in [5.41, 5.74) is 1.55. The van der Waals surface area contributed by atoms with Crippen LogP contribution in [0.15, 0.2) is 28.9 Å². The van der Waals surface area contributed by atoms with Gasteiger partial charge >= 0.3 is 0 Å². The quantitative estimate of drug-likeness (QED) is 0.883. The third-order valence-corrected chi connectivity index (χ3v) is 2.92. The Labute approximate surface area is 112 Å². The Morgan fingerprint density at radius 1 is 1.44 bits per heavy atom. The second kappa shape index (κ2) is 5.92. The minimum absolute atomic E-state index is 0.0289. The summed E-state index contributed by atoms with van der Waals surface area (Å²) >= 11 is 3.12. The molecule has 0 unspecified atom stereocenters. The molecule has 18 heavy (non-hydrogen) atoms. The van der Waals surface area contributed by atoms with Crippen LogP contribution in [0, 0.1) is 5.82 Å². The van der Waals surface area contributed by atoms with Crippen molar-refractivity contribution >= 4 is 21.6 Å². The first-order chi connectivity index (χ1) is 8.69. The van der Waals surface area contributed by atoms with Crippen molar-refractivity contribution in [2.75, 3.05) is 11.9 Å². The second-order valence-corrected chi connectivity index (χ2v) is 4.53. The molecule has 96 valence electrons. The van der Waals surface area contributed by atoms with Gasteiger partial charge < -0.3 is 10.4 Å². The van der Waals surface area contributed by atoms with Gasteiger partial charge in [-0.15, -0.1) is 5.10 Å². The molecule has 0 aliphatic carbocycles. The predicted octanol–water partition coefficient (Wildman–Crippen LogP) is 1.78. The van der Waals surface area contributed by atoms with E-state index in [0.29, 0.717) is 17.6 Å². The number of aliphatic hydroxyl groups excluding tert-OH is 1. The van der Waals surface area contributed by atoms with E-state index in [-0.39, 0.29) is 12.4 Å². The van der Waals surface area contributed by atoms with Crippen LogP contribution in [0.25, 0.3) is 0 Å². The summed E-state index contributed by atoms with van der Waals surface area (Å²) in [4.78, 5) is 0. The Kier molecular flexibility index (Phi) is 4.27. The number of aromatic nitrogens is 3. The Bertz CT molecular complexity index is 532. The van der Waals surface area contributed by atoms with Crippen LogP contribution in [0.1, 0.15) is 5.69 Å². The van der Waals surface area contributed by atoms with Gasteiger partial charge in [-0.2, -0.15) is 0 Å². The molecule has 1 aromatic carbocycles. The van der Waals surface area contributed by atoms with Crippen molar-refractivity contribution in [3.05, 3.63) is 40.4 Å². The number of hydrogen-bond acceptors (Lipinski definition) is 4. The molecule has 0 fully saturated rings. The van der Waals surface area contributed by atoms with Gasteiger partial charge in [-0.3, -0.25) is 0 Å². The summed E-state index contributed by atoms with van der Waals surface area (Å²) in [5, 5.41) is 19.6. The minimum Gasteiger partial charge on any atom is -0.394 e. The molecule has 0 saturated heterocycles. The molecule has 1 heterocycles. The number of aliphatic hydroxyl groups is 1. The number of anilines is 1. The van der Waals surface area contributed by atoms with Crippen molar-refractivity contribution in [2.24, 2.45) is 0 Å². The van der Waals surface area contributed by atoms with Gasteiger partial charge in [0.05, 0.1) is 30.4 Å². The number of nitrogens with one attached hydrogen (secondary N) is 1. The van der Waals surface area contributed by atoms with Crippen molar-refractivity contribution in [3.63, 3.8) is 0 Å². The standard InChI is InChI=1S/C11H12BrFN4O/c12-10-5-8(1-2-11(10)13)14-6-9-7-17(3-4-18)16-15-9/h1-2,5,7,14,18H,3-4,6H2. The van der Waals surface area contributed by atoms with Crippen molar-refractivity contribution < 1.29 is 9.50 Å². The maximum absolute atomic E-state index is 13.0. The van der Waals surface area contributed by atoms with E-state index in [1.807, 2.05) is 0 Å². The molecule has 0 bridgehead atoms. The van der Waals surface area contributed by atoms with Crippen LogP contribution < -0.4 is 5.32 Å². The SMILES string of the molecule is OCCn1cc(CNc2ccc(F)c(Br)c2)nn1. The number of benzene rings is 1. The maximum Gasteiger partial charge on any atom is 0.137 e. The smallest absolute Gasteiger partial charge is 0.137 e. The predicted molar refractivity (Wildman–Crippen MR) is 68.5 cm³/mol. The molecular formula is C11H12BrFN4O. The third kappa shape index (κ3) is 3.27. The molecule has 0 spiro atoms. The highest BCUT2D eigenvalue weighted by Gasteiger charge is 2.02. The second-order valence-electron chi connectivity index (χ2n) is 3.68. The van der Waals surface area contributed by atoms with Gasteiger partial charge in [0.1, 0.15) is 11.5 Å². The number of hydrogen-bond donors (Lipinski definition) is 2. The topological polar surface area (TPSA) is 63.0 Å². The van der Waals surface area contributed by atoms with E-state index in [4.69, 9.17) is 5.11 Å². The fourth-order valence-electron chi connectivity index (χ4n) is 1.43. The average Bonchev–Trinajstić information content (AvgIpc) is 2.79. The van der Waals surface area contributed by atoms with Gasteiger partial charge in [0.2, 0.25) is 0 Å². The Balaban J connectivity index is 1.95. The van der Waals surface area contributed by atoms with E-state index < -0.39 is 0 Å². The van der Waals surface area contributed by atoms with Crippen LogP contribution in [-0.4, -0.2) is 26.7 Å². The molecule has 2 aromatic rings. The summed E-state index contributed by atoms with van der Waals surface area (Å²) in [7, 11) is 0. The van der Waals surface area contributed by atoms with Gasteiger partial charge in [0, 0.05) is 5.69 Å². The molecular weight excluding hydrogens is 303 g/mol. The Morgan fingerprint density at radius 3 is 3.00 bits per heavy atom. The first-order valence-corrected chi connectivity index (χ1v) is 6.17. The maximum atomic E-state index is 13.0. The first-order valence-electron chi connectivity index (χ1n) is 5.38. The lowest BCUT2D eigenvalue weighted by Crippen LogP contribution is -2.02. The van der Waals surface area contributed by atoms with Crippen LogP contribution in [0.4, 0.5) is 10.1 Å². The van der Waals surface area contributed by atoms with Crippen molar-refractivity contribution in [1.82, 2.24) is 15.0 Å². The molecule has 5 nitrogen and oxygen atoms in total. The highest BCUT2D eigenvalue weighted by Crippen LogP contribution is 2.20. The van der Waals surface area contributed by atoms with E-state index in [0.717, 1.165) is 11.4 Å². The Morgan fingerprint density at radius 2 is 2.28 bits per heavy atom. The minimum atomic E-state index is -0.297. The Hall–Kier alpha value is -1.47. The summed E-state index contributed by atoms with van der Waals surface area (Å²) < 4.78 is 15.0. The highest BCUT2D eigenvalue weighted by molar-refractivity contribution is 9.10. The lowest BCUT2D eigenvalue weighted by atomic mass is 10.3. The van der Waals surface area contributed by atoms with Gasteiger partial charge in [0.25, 0.3) is 0 Å². The van der Waals surface area contributed by atoms with Gasteiger partial charge in [-0.1, -0.05) is 5.21 Å². The van der Waals surface area contributed by atoms with E-state index >= 15 is 0 Å². The molecule has 2 rings (SSSR count). The molecule has 2 N–H and O–H groups in total. The molecule has 0 saturated carbocycles. The first kappa shape index (κ1) is 13.0. The summed E-state index contributed by atoms with van der Waals surface area (Å²) in [6.45, 7) is 0.944. The highest BCUT2D eigenvalue weighted by atomic mass is 79.9. The lowest BCUT2D eigenvalue weighted by molar-refractivity contribution is 0.268. The fourth-order valence-corrected chi connectivity index (χ4v) is 1.81. The van der Waals surface area contributed by atoms with Gasteiger partial charge in [-0.05, 0) is 34.1 Å². The zero-order chi connectivity index (χ0) is 13.0. The molecule has 0 amide bonds. The normalized spacial score (nSPS) is 10.6. The van der Waals surface area contributed by atoms with Crippen LogP contribution in [0.5, 0.6) is 0 Å². The van der Waals surface area contributed by atoms with Crippen molar-refractivity contribution in [1.29, 1.82) is 0 Å². The van der Waals surface area contributed by atoms with Crippen LogP contribution in [0.3, 0.4) is 0 Å².